The van der Waals surface area contributed by atoms with E-state index in [0.717, 1.165) is 41.8 Å². The van der Waals surface area contributed by atoms with Crippen LogP contribution in [0, 0.1) is 0 Å². The van der Waals surface area contributed by atoms with Gasteiger partial charge in [-0.2, -0.15) is 0 Å². The molecular formula is C23H29N3O4S. The number of nitrogens with zero attached hydrogens (tertiary/aromatic N) is 2. The average molecular weight is 444 g/mol. The summed E-state index contributed by atoms with van der Waals surface area (Å²) in [5.74, 6) is 0.810. The molecule has 2 aromatic rings. The van der Waals surface area contributed by atoms with Crippen molar-refractivity contribution in [2.24, 2.45) is 0 Å². The lowest BCUT2D eigenvalue weighted by Crippen LogP contribution is -2.50. The molecule has 0 radical (unpaired) electrons. The van der Waals surface area contributed by atoms with Crippen molar-refractivity contribution >= 4 is 21.7 Å². The van der Waals surface area contributed by atoms with Crippen LogP contribution in [0.1, 0.15) is 24.0 Å². The molecule has 2 aliphatic heterocycles. The fraction of sp³-hybridized carbons (Fsp3) is 0.435. The third-order valence-corrected chi connectivity index (χ3v) is 7.55. The van der Waals surface area contributed by atoms with E-state index in [1.807, 2.05) is 53.4 Å². The normalized spacial score (nSPS) is 17.5. The Labute approximate surface area is 184 Å². The lowest BCUT2D eigenvalue weighted by molar-refractivity contribution is 0.162. The lowest BCUT2D eigenvalue weighted by atomic mass is 9.74. The largest absolute Gasteiger partial charge is 0.497 e. The van der Waals surface area contributed by atoms with Crippen LogP contribution >= 0.6 is 0 Å². The number of hydrogen-bond acceptors (Lipinski definition) is 4. The number of piperidine rings is 1. The van der Waals surface area contributed by atoms with E-state index in [0.29, 0.717) is 26.2 Å². The van der Waals surface area contributed by atoms with E-state index in [9.17, 15) is 13.2 Å². The Bertz CT molecular complexity index is 1060. The number of urea groups is 1. The summed E-state index contributed by atoms with van der Waals surface area (Å²) >= 11 is 0. The molecule has 31 heavy (non-hydrogen) atoms. The predicted molar refractivity (Wildman–Crippen MR) is 121 cm³/mol. The number of anilines is 1. The van der Waals surface area contributed by atoms with Gasteiger partial charge >= 0.3 is 6.03 Å². The standard InChI is InChI=1S/C23H29N3O4S/c1-30-19-7-5-6-18(16-19)10-13-24-22(27)25-14-11-23(12-15-25)17-26(31(2,28)29)21-9-4-3-8-20(21)23/h3-9,16H,10-15,17H2,1-2H3,(H,24,27). The van der Waals surface area contributed by atoms with E-state index in [1.165, 1.54) is 10.6 Å². The van der Waals surface area contributed by atoms with Gasteiger partial charge in [-0.25, -0.2) is 13.2 Å². The molecule has 8 heteroatoms. The summed E-state index contributed by atoms with van der Waals surface area (Å²) in [5.41, 5.74) is 2.75. The second kappa shape index (κ2) is 8.42. The number of benzene rings is 2. The highest BCUT2D eigenvalue weighted by Crippen LogP contribution is 2.47. The van der Waals surface area contributed by atoms with Crippen molar-refractivity contribution in [3.63, 3.8) is 0 Å². The van der Waals surface area contributed by atoms with Crippen molar-refractivity contribution in [3.8, 4) is 5.75 Å². The topological polar surface area (TPSA) is 79.0 Å². The van der Waals surface area contributed by atoms with Gasteiger partial charge in [-0.05, 0) is 48.6 Å². The zero-order chi connectivity index (χ0) is 22.1. The number of sulfonamides is 1. The van der Waals surface area contributed by atoms with Gasteiger partial charge in [-0.3, -0.25) is 4.31 Å². The SMILES string of the molecule is COc1cccc(CCNC(=O)N2CCC3(CC2)CN(S(C)(=O)=O)c2ccccc23)c1. The van der Waals surface area contributed by atoms with Crippen LogP contribution in [0.3, 0.4) is 0 Å². The van der Waals surface area contributed by atoms with E-state index in [1.54, 1.807) is 7.11 Å². The number of nitrogens with one attached hydrogen (secondary N) is 1. The van der Waals surface area contributed by atoms with Gasteiger partial charge < -0.3 is 15.0 Å². The maximum Gasteiger partial charge on any atom is 0.317 e. The summed E-state index contributed by atoms with van der Waals surface area (Å²) in [6, 6.07) is 15.5. The van der Waals surface area contributed by atoms with Crippen LogP contribution in [0.25, 0.3) is 0 Å². The second-order valence-electron chi connectivity index (χ2n) is 8.39. The molecule has 0 aliphatic carbocycles. The Balaban J connectivity index is 1.36. The summed E-state index contributed by atoms with van der Waals surface area (Å²) in [6.07, 6.45) is 3.49. The zero-order valence-corrected chi connectivity index (χ0v) is 18.8. The number of amides is 2. The third-order valence-electron chi connectivity index (χ3n) is 6.42. The zero-order valence-electron chi connectivity index (χ0n) is 18.0. The number of carbonyl (C=O) groups is 1. The molecule has 0 saturated carbocycles. The van der Waals surface area contributed by atoms with Crippen molar-refractivity contribution < 1.29 is 17.9 Å². The van der Waals surface area contributed by atoms with Crippen LogP contribution in [-0.4, -0.2) is 58.9 Å². The van der Waals surface area contributed by atoms with Gasteiger partial charge in [-0.15, -0.1) is 0 Å². The van der Waals surface area contributed by atoms with Gasteiger partial charge in [0.15, 0.2) is 0 Å². The maximum atomic E-state index is 12.7. The Kier molecular flexibility index (Phi) is 5.83. The van der Waals surface area contributed by atoms with E-state index in [4.69, 9.17) is 4.74 Å². The molecule has 0 bridgehead atoms. The summed E-state index contributed by atoms with van der Waals surface area (Å²) in [7, 11) is -1.69. The molecule has 166 valence electrons. The Hall–Kier alpha value is -2.74. The Morgan fingerprint density at radius 1 is 1.13 bits per heavy atom. The summed E-state index contributed by atoms with van der Waals surface area (Å²) in [4.78, 5) is 14.5. The van der Waals surface area contributed by atoms with E-state index in [2.05, 4.69) is 5.32 Å². The molecule has 7 nitrogen and oxygen atoms in total. The quantitative estimate of drug-likeness (QED) is 0.771. The highest BCUT2D eigenvalue weighted by molar-refractivity contribution is 7.92. The lowest BCUT2D eigenvalue weighted by Gasteiger charge is -2.39. The van der Waals surface area contributed by atoms with Crippen molar-refractivity contribution in [2.45, 2.75) is 24.7 Å². The molecule has 2 heterocycles. The molecule has 0 aromatic heterocycles. The van der Waals surface area contributed by atoms with Crippen LogP contribution in [0.15, 0.2) is 48.5 Å². The smallest absolute Gasteiger partial charge is 0.317 e. The number of carbonyl (C=O) groups excluding carboxylic acids is 1. The average Bonchev–Trinajstić information content (AvgIpc) is 3.09. The molecular weight excluding hydrogens is 414 g/mol. The number of methoxy groups -OCH3 is 1. The van der Waals surface area contributed by atoms with E-state index >= 15 is 0 Å². The first-order chi connectivity index (χ1) is 14.8. The summed E-state index contributed by atoms with van der Waals surface area (Å²) < 4.78 is 31.4. The first-order valence-corrected chi connectivity index (χ1v) is 12.4. The Morgan fingerprint density at radius 3 is 2.58 bits per heavy atom. The molecule has 1 fully saturated rings. The predicted octanol–water partition coefficient (Wildman–Crippen LogP) is 2.76. The fourth-order valence-electron chi connectivity index (χ4n) is 4.70. The van der Waals surface area contributed by atoms with Crippen LogP contribution in [0.4, 0.5) is 10.5 Å². The highest BCUT2D eigenvalue weighted by Gasteiger charge is 2.47. The molecule has 1 N–H and O–H groups in total. The minimum Gasteiger partial charge on any atom is -0.497 e. The van der Waals surface area contributed by atoms with Gasteiger partial charge in [0.05, 0.1) is 19.1 Å². The number of fused-ring (bicyclic) bond motifs is 2. The Morgan fingerprint density at radius 2 is 1.87 bits per heavy atom. The van der Waals surface area contributed by atoms with Crippen LogP contribution in [0.2, 0.25) is 0 Å². The number of rotatable bonds is 5. The van der Waals surface area contributed by atoms with Gasteiger partial charge in [0, 0.05) is 31.6 Å². The molecule has 4 rings (SSSR count). The third kappa shape index (κ3) is 4.35. The number of para-hydroxylation sites is 1. The molecule has 1 spiro atoms. The highest BCUT2D eigenvalue weighted by atomic mass is 32.2. The van der Waals surface area contributed by atoms with Crippen molar-refractivity contribution in [1.29, 1.82) is 0 Å². The summed E-state index contributed by atoms with van der Waals surface area (Å²) in [5, 5.41) is 3.01. The van der Waals surface area contributed by atoms with E-state index < -0.39 is 10.0 Å². The van der Waals surface area contributed by atoms with Crippen LogP contribution in [0.5, 0.6) is 5.75 Å². The van der Waals surface area contributed by atoms with E-state index in [-0.39, 0.29) is 11.4 Å². The monoisotopic (exact) mass is 443 g/mol. The molecule has 0 atom stereocenters. The second-order valence-corrected chi connectivity index (χ2v) is 10.3. The molecule has 2 amide bonds. The number of ether oxygens (including phenoxy) is 1. The number of hydrogen-bond donors (Lipinski definition) is 1. The molecule has 0 unspecified atom stereocenters. The van der Waals surface area contributed by atoms with Crippen LogP contribution in [-0.2, 0) is 21.9 Å². The first kappa shape index (κ1) is 21.5. The maximum absolute atomic E-state index is 12.7. The molecule has 2 aromatic carbocycles. The van der Waals surface area contributed by atoms with Crippen molar-refractivity contribution in [2.75, 3.05) is 43.8 Å². The minimum absolute atomic E-state index is 0.0657. The van der Waals surface area contributed by atoms with Crippen LogP contribution < -0.4 is 14.4 Å². The fourth-order valence-corrected chi connectivity index (χ4v) is 5.70. The van der Waals surface area contributed by atoms with Gasteiger partial charge in [0.2, 0.25) is 10.0 Å². The molecule has 1 saturated heterocycles. The minimum atomic E-state index is -3.33. The van der Waals surface area contributed by atoms with Gasteiger partial charge in [0.1, 0.15) is 5.75 Å². The van der Waals surface area contributed by atoms with Crippen molar-refractivity contribution in [3.05, 3.63) is 59.7 Å². The molecule has 2 aliphatic rings. The summed E-state index contributed by atoms with van der Waals surface area (Å²) in [6.45, 7) is 2.22. The van der Waals surface area contributed by atoms with Gasteiger partial charge in [-0.1, -0.05) is 30.3 Å². The number of likely N-dealkylation sites (tertiary alicyclic amines) is 1. The first-order valence-electron chi connectivity index (χ1n) is 10.6. The van der Waals surface area contributed by atoms with Gasteiger partial charge in [0.25, 0.3) is 0 Å². The van der Waals surface area contributed by atoms with Crippen molar-refractivity contribution in [1.82, 2.24) is 10.2 Å².